The summed E-state index contributed by atoms with van der Waals surface area (Å²) in [5, 5.41) is 3.35. The van der Waals surface area contributed by atoms with Crippen LogP contribution in [0.15, 0.2) is 34.1 Å². The third-order valence-corrected chi connectivity index (χ3v) is 4.88. The van der Waals surface area contributed by atoms with Crippen molar-refractivity contribution in [2.24, 2.45) is 0 Å². The van der Waals surface area contributed by atoms with Crippen molar-refractivity contribution in [2.75, 3.05) is 13.2 Å². The van der Waals surface area contributed by atoms with Gasteiger partial charge in [0.1, 0.15) is 0 Å². The molecular formula is C14H14BrNOS. The number of nitrogens with zero attached hydrogens (tertiary/aromatic N) is 1. The number of thiazole rings is 1. The summed E-state index contributed by atoms with van der Waals surface area (Å²) in [4.78, 5) is 4.77. The molecule has 18 heavy (non-hydrogen) atoms. The van der Waals surface area contributed by atoms with E-state index < -0.39 is 0 Å². The lowest BCUT2D eigenvalue weighted by atomic mass is 10.0. The molecular weight excluding hydrogens is 310 g/mol. The number of hydrogen-bond donors (Lipinski definition) is 0. The van der Waals surface area contributed by atoms with Crippen molar-refractivity contribution in [3.8, 4) is 11.3 Å². The van der Waals surface area contributed by atoms with Gasteiger partial charge in [0.25, 0.3) is 0 Å². The lowest BCUT2D eigenvalue weighted by Crippen LogP contribution is -2.15. The Balaban J connectivity index is 1.87. The first kappa shape index (κ1) is 12.3. The van der Waals surface area contributed by atoms with Crippen molar-refractivity contribution < 1.29 is 4.74 Å². The largest absolute Gasteiger partial charge is 0.381 e. The molecule has 0 bridgehead atoms. The molecule has 94 valence electrons. The average molecular weight is 324 g/mol. The Morgan fingerprint density at radius 2 is 2.22 bits per heavy atom. The van der Waals surface area contributed by atoms with Crippen molar-refractivity contribution in [3.05, 3.63) is 39.1 Å². The first-order valence-corrected chi connectivity index (χ1v) is 7.80. The Hall–Kier alpha value is -0.710. The highest BCUT2D eigenvalue weighted by molar-refractivity contribution is 9.10. The van der Waals surface area contributed by atoms with Gasteiger partial charge >= 0.3 is 0 Å². The van der Waals surface area contributed by atoms with Gasteiger partial charge in [-0.25, -0.2) is 4.98 Å². The van der Waals surface area contributed by atoms with Crippen molar-refractivity contribution in [1.29, 1.82) is 0 Å². The number of rotatable bonds is 2. The molecule has 1 aromatic carbocycles. The highest BCUT2D eigenvalue weighted by atomic mass is 79.9. The summed E-state index contributed by atoms with van der Waals surface area (Å²) in [5.41, 5.74) is 2.23. The van der Waals surface area contributed by atoms with E-state index in [1.807, 2.05) is 12.1 Å². The summed E-state index contributed by atoms with van der Waals surface area (Å²) < 4.78 is 6.63. The fraction of sp³-hybridized carbons (Fsp3) is 0.357. The van der Waals surface area contributed by atoms with Crippen LogP contribution in [0.25, 0.3) is 11.3 Å². The van der Waals surface area contributed by atoms with Crippen LogP contribution < -0.4 is 0 Å². The molecule has 0 radical (unpaired) electrons. The SMILES string of the molecule is Brc1ccccc1-c1csc(C2CCCOC2)n1. The van der Waals surface area contributed by atoms with E-state index in [0.717, 1.165) is 35.4 Å². The fourth-order valence-corrected chi connectivity index (χ4v) is 3.63. The Morgan fingerprint density at radius 1 is 1.33 bits per heavy atom. The van der Waals surface area contributed by atoms with Crippen LogP contribution >= 0.6 is 27.3 Å². The number of hydrogen-bond acceptors (Lipinski definition) is 3. The van der Waals surface area contributed by atoms with Crippen molar-refractivity contribution in [1.82, 2.24) is 4.98 Å². The van der Waals surface area contributed by atoms with E-state index in [1.165, 1.54) is 11.4 Å². The minimum absolute atomic E-state index is 0.486. The van der Waals surface area contributed by atoms with Gasteiger partial charge in [0, 0.05) is 27.9 Å². The first-order valence-electron chi connectivity index (χ1n) is 6.12. The highest BCUT2D eigenvalue weighted by Gasteiger charge is 2.19. The Bertz CT molecular complexity index is 534. The third-order valence-electron chi connectivity index (χ3n) is 3.18. The molecule has 1 atom stereocenters. The van der Waals surface area contributed by atoms with E-state index in [1.54, 1.807) is 11.3 Å². The van der Waals surface area contributed by atoms with Crippen LogP contribution in [0, 0.1) is 0 Å². The zero-order valence-electron chi connectivity index (χ0n) is 9.93. The van der Waals surface area contributed by atoms with Gasteiger partial charge in [-0.3, -0.25) is 0 Å². The van der Waals surface area contributed by atoms with E-state index in [-0.39, 0.29) is 0 Å². The van der Waals surface area contributed by atoms with Gasteiger partial charge in [-0.2, -0.15) is 0 Å². The van der Waals surface area contributed by atoms with E-state index in [9.17, 15) is 0 Å². The zero-order chi connectivity index (χ0) is 12.4. The Kier molecular flexibility index (Phi) is 3.77. The van der Waals surface area contributed by atoms with E-state index in [0.29, 0.717) is 5.92 Å². The number of aromatic nitrogens is 1. The maximum absolute atomic E-state index is 5.53. The number of benzene rings is 1. The van der Waals surface area contributed by atoms with Gasteiger partial charge in [-0.1, -0.05) is 34.1 Å². The molecule has 0 aliphatic carbocycles. The molecule has 0 amide bonds. The second-order valence-electron chi connectivity index (χ2n) is 4.46. The lowest BCUT2D eigenvalue weighted by Gasteiger charge is -2.19. The Morgan fingerprint density at radius 3 is 3.00 bits per heavy atom. The molecule has 1 unspecified atom stereocenters. The average Bonchev–Trinajstić information content (AvgIpc) is 2.90. The summed E-state index contributed by atoms with van der Waals surface area (Å²) in [5.74, 6) is 0.486. The smallest absolute Gasteiger partial charge is 0.0986 e. The van der Waals surface area contributed by atoms with Gasteiger partial charge in [-0.15, -0.1) is 11.3 Å². The predicted octanol–water partition coefficient (Wildman–Crippen LogP) is 4.47. The summed E-state index contributed by atoms with van der Waals surface area (Å²) >= 11 is 5.33. The summed E-state index contributed by atoms with van der Waals surface area (Å²) in [6.07, 6.45) is 2.34. The summed E-state index contributed by atoms with van der Waals surface area (Å²) in [7, 11) is 0. The van der Waals surface area contributed by atoms with Crippen molar-refractivity contribution >= 4 is 27.3 Å². The van der Waals surface area contributed by atoms with Crippen LogP contribution in [0.1, 0.15) is 23.8 Å². The van der Waals surface area contributed by atoms with Crippen LogP contribution in [0.4, 0.5) is 0 Å². The topological polar surface area (TPSA) is 22.1 Å². The minimum atomic E-state index is 0.486. The van der Waals surface area contributed by atoms with Crippen LogP contribution in [0.5, 0.6) is 0 Å². The standard InChI is InChI=1S/C14H14BrNOS/c15-12-6-2-1-5-11(12)13-9-18-14(16-13)10-4-3-7-17-8-10/h1-2,5-6,9-10H,3-4,7-8H2. The number of ether oxygens (including phenoxy) is 1. The monoisotopic (exact) mass is 323 g/mol. The lowest BCUT2D eigenvalue weighted by molar-refractivity contribution is 0.0804. The molecule has 2 heterocycles. The maximum atomic E-state index is 5.53. The third kappa shape index (κ3) is 2.51. The normalized spacial score (nSPS) is 19.9. The quantitative estimate of drug-likeness (QED) is 0.813. The van der Waals surface area contributed by atoms with Gasteiger partial charge in [0.05, 0.1) is 17.3 Å². The van der Waals surface area contributed by atoms with E-state index in [2.05, 4.69) is 33.4 Å². The molecule has 2 nitrogen and oxygen atoms in total. The number of halogens is 1. The predicted molar refractivity (Wildman–Crippen MR) is 78.0 cm³/mol. The van der Waals surface area contributed by atoms with Crippen LogP contribution in [0.3, 0.4) is 0 Å². The highest BCUT2D eigenvalue weighted by Crippen LogP contribution is 2.33. The molecule has 0 saturated carbocycles. The molecule has 0 spiro atoms. The first-order chi connectivity index (χ1) is 8.84. The van der Waals surface area contributed by atoms with Crippen LogP contribution in [-0.4, -0.2) is 18.2 Å². The van der Waals surface area contributed by atoms with Crippen LogP contribution in [-0.2, 0) is 4.74 Å². The molecule has 3 rings (SSSR count). The molecule has 0 N–H and O–H groups in total. The van der Waals surface area contributed by atoms with Gasteiger partial charge < -0.3 is 4.74 Å². The molecule has 1 aliphatic rings. The van der Waals surface area contributed by atoms with Gasteiger partial charge in [-0.05, 0) is 18.9 Å². The van der Waals surface area contributed by atoms with E-state index in [4.69, 9.17) is 9.72 Å². The van der Waals surface area contributed by atoms with E-state index >= 15 is 0 Å². The van der Waals surface area contributed by atoms with Crippen molar-refractivity contribution in [2.45, 2.75) is 18.8 Å². The maximum Gasteiger partial charge on any atom is 0.0986 e. The molecule has 1 fully saturated rings. The summed E-state index contributed by atoms with van der Waals surface area (Å²) in [6, 6.07) is 8.22. The molecule has 4 heteroatoms. The Labute approximate surface area is 119 Å². The second kappa shape index (κ2) is 5.51. The molecule has 1 aliphatic heterocycles. The minimum Gasteiger partial charge on any atom is -0.381 e. The second-order valence-corrected chi connectivity index (χ2v) is 6.21. The van der Waals surface area contributed by atoms with Crippen molar-refractivity contribution in [3.63, 3.8) is 0 Å². The molecule has 1 aromatic heterocycles. The zero-order valence-corrected chi connectivity index (χ0v) is 12.3. The summed E-state index contributed by atoms with van der Waals surface area (Å²) in [6.45, 7) is 1.72. The molecule has 1 saturated heterocycles. The molecule has 2 aromatic rings. The van der Waals surface area contributed by atoms with Gasteiger partial charge in [0.15, 0.2) is 0 Å². The van der Waals surface area contributed by atoms with Crippen LogP contribution in [0.2, 0.25) is 0 Å². The van der Waals surface area contributed by atoms with Gasteiger partial charge in [0.2, 0.25) is 0 Å². The fourth-order valence-electron chi connectivity index (χ4n) is 2.20.